The molecule has 1 amide bonds. The molecular weight excluding hydrogens is 366 g/mol. The van der Waals surface area contributed by atoms with E-state index in [1.807, 2.05) is 13.0 Å². The van der Waals surface area contributed by atoms with E-state index in [0.717, 1.165) is 10.6 Å². The molecule has 27 heavy (non-hydrogen) atoms. The third kappa shape index (κ3) is 5.72. The SMILES string of the molecule is CCOc1ccccc1NC(=O)CCN(c1cccc(C#N)c1)S(C)(=O)=O. The summed E-state index contributed by atoms with van der Waals surface area (Å²) in [5.41, 5.74) is 1.22. The minimum Gasteiger partial charge on any atom is -0.492 e. The lowest BCUT2D eigenvalue weighted by Gasteiger charge is -2.22. The number of carbonyl (C=O) groups excluding carboxylic acids is 1. The lowest BCUT2D eigenvalue weighted by Crippen LogP contribution is -2.33. The molecule has 2 aromatic carbocycles. The van der Waals surface area contributed by atoms with E-state index in [1.165, 1.54) is 6.07 Å². The fraction of sp³-hybridized carbons (Fsp3) is 0.263. The van der Waals surface area contributed by atoms with Crippen LogP contribution in [0.5, 0.6) is 5.75 Å². The molecule has 0 radical (unpaired) electrons. The number of ether oxygens (including phenoxy) is 1. The Morgan fingerprint density at radius 2 is 1.96 bits per heavy atom. The van der Waals surface area contributed by atoms with Crippen LogP contribution in [0.2, 0.25) is 0 Å². The van der Waals surface area contributed by atoms with Gasteiger partial charge in [-0.25, -0.2) is 8.42 Å². The highest BCUT2D eigenvalue weighted by atomic mass is 32.2. The van der Waals surface area contributed by atoms with Crippen molar-refractivity contribution >= 4 is 27.3 Å². The summed E-state index contributed by atoms with van der Waals surface area (Å²) >= 11 is 0. The number of nitriles is 1. The fourth-order valence-corrected chi connectivity index (χ4v) is 3.40. The first-order valence-corrected chi connectivity index (χ1v) is 10.2. The summed E-state index contributed by atoms with van der Waals surface area (Å²) in [5, 5.41) is 11.7. The summed E-state index contributed by atoms with van der Waals surface area (Å²) < 4.78 is 30.8. The van der Waals surface area contributed by atoms with Gasteiger partial charge in [0.2, 0.25) is 15.9 Å². The molecule has 2 aromatic rings. The van der Waals surface area contributed by atoms with Crippen molar-refractivity contribution in [2.75, 3.05) is 29.0 Å². The van der Waals surface area contributed by atoms with Gasteiger partial charge in [-0.1, -0.05) is 18.2 Å². The number of rotatable bonds is 8. The zero-order chi connectivity index (χ0) is 19.9. The summed E-state index contributed by atoms with van der Waals surface area (Å²) in [6.45, 7) is 2.26. The van der Waals surface area contributed by atoms with Crippen molar-refractivity contribution in [2.24, 2.45) is 0 Å². The van der Waals surface area contributed by atoms with Gasteiger partial charge in [-0.15, -0.1) is 0 Å². The first kappa shape index (κ1) is 20.3. The monoisotopic (exact) mass is 387 g/mol. The van der Waals surface area contributed by atoms with Crippen molar-refractivity contribution in [1.29, 1.82) is 5.26 Å². The molecule has 0 unspecified atom stereocenters. The van der Waals surface area contributed by atoms with Gasteiger partial charge in [0.05, 0.1) is 35.9 Å². The van der Waals surface area contributed by atoms with Gasteiger partial charge >= 0.3 is 0 Å². The molecule has 0 aliphatic rings. The maximum atomic E-state index is 12.3. The maximum Gasteiger partial charge on any atom is 0.232 e. The second-order valence-corrected chi connectivity index (χ2v) is 7.63. The Hall–Kier alpha value is -3.05. The lowest BCUT2D eigenvalue weighted by atomic mass is 10.2. The molecule has 0 spiro atoms. The van der Waals surface area contributed by atoms with Gasteiger partial charge in [0.25, 0.3) is 0 Å². The van der Waals surface area contributed by atoms with E-state index >= 15 is 0 Å². The van der Waals surface area contributed by atoms with Gasteiger partial charge in [0, 0.05) is 13.0 Å². The van der Waals surface area contributed by atoms with E-state index in [1.54, 1.807) is 42.5 Å². The summed E-state index contributed by atoms with van der Waals surface area (Å²) in [4.78, 5) is 12.3. The van der Waals surface area contributed by atoms with Crippen LogP contribution in [0.4, 0.5) is 11.4 Å². The molecule has 0 heterocycles. The topological polar surface area (TPSA) is 99.5 Å². The number of amides is 1. The smallest absolute Gasteiger partial charge is 0.232 e. The predicted octanol–water partition coefficient (Wildman–Crippen LogP) is 2.75. The number of carbonyl (C=O) groups is 1. The van der Waals surface area contributed by atoms with Crippen molar-refractivity contribution < 1.29 is 17.9 Å². The van der Waals surface area contributed by atoms with Crippen molar-refractivity contribution in [1.82, 2.24) is 0 Å². The number of anilines is 2. The number of nitrogens with zero attached hydrogens (tertiary/aromatic N) is 2. The van der Waals surface area contributed by atoms with Gasteiger partial charge in [0.15, 0.2) is 0 Å². The second-order valence-electron chi connectivity index (χ2n) is 5.72. The van der Waals surface area contributed by atoms with Gasteiger partial charge in [-0.05, 0) is 37.3 Å². The first-order chi connectivity index (χ1) is 12.8. The number of hydrogen-bond donors (Lipinski definition) is 1. The minimum atomic E-state index is -3.61. The molecule has 1 N–H and O–H groups in total. The summed E-state index contributed by atoms with van der Waals surface area (Å²) in [6.07, 6.45) is 1.01. The van der Waals surface area contributed by atoms with Crippen molar-refractivity contribution in [2.45, 2.75) is 13.3 Å². The normalized spacial score (nSPS) is 10.7. The molecule has 0 aliphatic carbocycles. The summed E-state index contributed by atoms with van der Waals surface area (Å²) in [7, 11) is -3.61. The Kier molecular flexibility index (Phi) is 6.79. The third-order valence-electron chi connectivity index (χ3n) is 3.67. The van der Waals surface area contributed by atoms with Crippen LogP contribution in [0, 0.1) is 11.3 Å². The van der Waals surface area contributed by atoms with E-state index in [9.17, 15) is 13.2 Å². The average Bonchev–Trinajstić information content (AvgIpc) is 2.63. The van der Waals surface area contributed by atoms with Crippen molar-refractivity contribution in [3.8, 4) is 11.8 Å². The molecule has 0 fully saturated rings. The predicted molar refractivity (Wildman–Crippen MR) is 104 cm³/mol. The quantitative estimate of drug-likeness (QED) is 0.751. The van der Waals surface area contributed by atoms with Gasteiger partial charge < -0.3 is 10.1 Å². The van der Waals surface area contributed by atoms with Crippen LogP contribution in [0.1, 0.15) is 18.9 Å². The van der Waals surface area contributed by atoms with Crippen LogP contribution < -0.4 is 14.4 Å². The lowest BCUT2D eigenvalue weighted by molar-refractivity contribution is -0.116. The van der Waals surface area contributed by atoms with Crippen LogP contribution in [-0.2, 0) is 14.8 Å². The van der Waals surface area contributed by atoms with E-state index in [0.29, 0.717) is 29.3 Å². The molecule has 7 nitrogen and oxygen atoms in total. The van der Waals surface area contributed by atoms with Crippen LogP contribution >= 0.6 is 0 Å². The van der Waals surface area contributed by atoms with Gasteiger partial charge in [-0.2, -0.15) is 5.26 Å². The Bertz CT molecular complexity index is 951. The van der Waals surface area contributed by atoms with E-state index in [-0.39, 0.29) is 18.9 Å². The molecule has 8 heteroatoms. The van der Waals surface area contributed by atoms with Crippen LogP contribution in [0.3, 0.4) is 0 Å². The summed E-state index contributed by atoms with van der Waals surface area (Å²) in [5.74, 6) is 0.210. The summed E-state index contributed by atoms with van der Waals surface area (Å²) in [6, 6.07) is 15.3. The maximum absolute atomic E-state index is 12.3. The van der Waals surface area contributed by atoms with Crippen LogP contribution in [0.25, 0.3) is 0 Å². The largest absolute Gasteiger partial charge is 0.492 e. The van der Waals surface area contributed by atoms with Crippen molar-refractivity contribution in [3.05, 3.63) is 54.1 Å². The van der Waals surface area contributed by atoms with E-state index in [4.69, 9.17) is 10.00 Å². The minimum absolute atomic E-state index is 0.0453. The highest BCUT2D eigenvalue weighted by Gasteiger charge is 2.19. The second kappa shape index (κ2) is 9.05. The fourth-order valence-electron chi connectivity index (χ4n) is 2.48. The number of benzene rings is 2. The molecule has 0 saturated heterocycles. The molecule has 0 bridgehead atoms. The van der Waals surface area contributed by atoms with E-state index in [2.05, 4.69) is 5.32 Å². The number of para-hydroxylation sites is 2. The molecule has 0 aromatic heterocycles. The zero-order valence-corrected chi connectivity index (χ0v) is 16.0. The average molecular weight is 387 g/mol. The molecule has 2 rings (SSSR count). The Balaban J connectivity index is 2.11. The highest BCUT2D eigenvalue weighted by Crippen LogP contribution is 2.24. The number of hydrogen-bond acceptors (Lipinski definition) is 5. The Labute approximate surface area is 159 Å². The molecular formula is C19H21N3O4S. The first-order valence-electron chi connectivity index (χ1n) is 8.34. The van der Waals surface area contributed by atoms with Gasteiger partial charge in [-0.3, -0.25) is 9.10 Å². The van der Waals surface area contributed by atoms with Gasteiger partial charge in [0.1, 0.15) is 5.75 Å². The Morgan fingerprint density at radius 3 is 2.63 bits per heavy atom. The Morgan fingerprint density at radius 1 is 1.22 bits per heavy atom. The van der Waals surface area contributed by atoms with Crippen molar-refractivity contribution in [3.63, 3.8) is 0 Å². The van der Waals surface area contributed by atoms with Crippen LogP contribution in [0.15, 0.2) is 48.5 Å². The van der Waals surface area contributed by atoms with E-state index < -0.39 is 10.0 Å². The number of sulfonamides is 1. The molecule has 142 valence electrons. The van der Waals surface area contributed by atoms with Crippen LogP contribution in [-0.4, -0.2) is 33.7 Å². The standard InChI is InChI=1S/C19H21N3O4S/c1-3-26-18-10-5-4-9-17(18)21-19(23)11-12-22(27(2,24)25)16-8-6-7-15(13-16)14-20/h4-10,13H,3,11-12H2,1-2H3,(H,21,23). The highest BCUT2D eigenvalue weighted by molar-refractivity contribution is 7.92. The third-order valence-corrected chi connectivity index (χ3v) is 4.86. The molecule has 0 atom stereocenters. The number of nitrogens with one attached hydrogen (secondary N) is 1. The zero-order valence-electron chi connectivity index (χ0n) is 15.2. The molecule has 0 saturated carbocycles. The molecule has 0 aliphatic heterocycles.